The molecular formula is C30H40N4O4. The van der Waals surface area contributed by atoms with Crippen molar-refractivity contribution in [3.8, 4) is 0 Å². The predicted octanol–water partition coefficient (Wildman–Crippen LogP) is 3.77. The highest BCUT2D eigenvalue weighted by Gasteiger charge is 2.06. The largest absolute Gasteiger partial charge is 0.466 e. The summed E-state index contributed by atoms with van der Waals surface area (Å²) in [5.74, 6) is -0.227. The number of amides is 1. The topological polar surface area (TPSA) is 93.5 Å². The summed E-state index contributed by atoms with van der Waals surface area (Å²) in [5.41, 5.74) is 4.35. The van der Waals surface area contributed by atoms with E-state index in [0.29, 0.717) is 13.2 Å². The minimum Gasteiger partial charge on any atom is -0.466 e. The highest BCUT2D eigenvalue weighted by molar-refractivity contribution is 5.94. The molecule has 8 heteroatoms. The zero-order chi connectivity index (χ0) is 27.9. The van der Waals surface area contributed by atoms with Crippen molar-refractivity contribution in [2.75, 3.05) is 33.8 Å². The number of nitrogens with one attached hydrogen (secondary N) is 1. The third-order valence-electron chi connectivity index (χ3n) is 5.61. The van der Waals surface area contributed by atoms with Gasteiger partial charge in [-0.1, -0.05) is 42.0 Å². The Balaban J connectivity index is 0.000000273. The quantitative estimate of drug-likeness (QED) is 0.306. The maximum atomic E-state index is 11.7. The first-order valence-corrected chi connectivity index (χ1v) is 13.0. The molecule has 0 aliphatic carbocycles. The number of rotatable bonds is 11. The summed E-state index contributed by atoms with van der Waals surface area (Å²) < 4.78 is 6.35. The number of aryl methyl sites for hydroxylation is 2. The molecule has 0 unspecified atom stereocenters. The third-order valence-corrected chi connectivity index (χ3v) is 5.61. The lowest BCUT2D eigenvalue weighted by atomic mass is 10.1. The standard InChI is InChI=1S/C16H18N2O3.C14H22N2O/c1-3-21-16(20)10-13-5-4-6-14(9-13)11-18-15(19)8-7-12(2)17-18;1-12-6-8-13(9-7-12)14(17)15-10-4-5-11-16(2)3/h4-9H,3,10-11H2,1-2H3;6-9H,4-5,10-11H2,1-3H3,(H,15,17). The molecule has 0 saturated heterocycles. The van der Waals surface area contributed by atoms with Crippen molar-refractivity contribution in [3.63, 3.8) is 0 Å². The highest BCUT2D eigenvalue weighted by Crippen LogP contribution is 2.08. The molecule has 0 fully saturated rings. The number of hydrogen-bond acceptors (Lipinski definition) is 6. The number of benzene rings is 2. The first-order chi connectivity index (χ1) is 18.2. The van der Waals surface area contributed by atoms with E-state index in [1.165, 1.54) is 16.3 Å². The second-order valence-corrected chi connectivity index (χ2v) is 9.40. The van der Waals surface area contributed by atoms with E-state index in [0.717, 1.165) is 48.3 Å². The fourth-order valence-electron chi connectivity index (χ4n) is 3.62. The Hall–Kier alpha value is -3.78. The molecule has 2 aromatic carbocycles. The average molecular weight is 521 g/mol. The summed E-state index contributed by atoms with van der Waals surface area (Å²) in [6.07, 6.45) is 2.37. The van der Waals surface area contributed by atoms with Crippen LogP contribution in [0.25, 0.3) is 0 Å². The van der Waals surface area contributed by atoms with E-state index < -0.39 is 0 Å². The molecule has 8 nitrogen and oxygen atoms in total. The van der Waals surface area contributed by atoms with E-state index >= 15 is 0 Å². The Morgan fingerprint density at radius 1 is 0.974 bits per heavy atom. The van der Waals surface area contributed by atoms with E-state index in [1.54, 1.807) is 13.0 Å². The van der Waals surface area contributed by atoms with Crippen LogP contribution in [-0.4, -0.2) is 60.3 Å². The summed E-state index contributed by atoms with van der Waals surface area (Å²) in [6.45, 7) is 8.22. The molecule has 1 heterocycles. The lowest BCUT2D eigenvalue weighted by molar-refractivity contribution is -0.142. The number of esters is 1. The SMILES string of the molecule is CCOC(=O)Cc1cccc(Cn2nc(C)ccc2=O)c1.Cc1ccc(C(=O)NCCCCN(C)C)cc1. The molecular weight excluding hydrogens is 480 g/mol. The fourth-order valence-corrected chi connectivity index (χ4v) is 3.62. The maximum Gasteiger partial charge on any atom is 0.310 e. The predicted molar refractivity (Wildman–Crippen MR) is 150 cm³/mol. The molecule has 0 aliphatic heterocycles. The summed E-state index contributed by atoms with van der Waals surface area (Å²) in [7, 11) is 4.12. The van der Waals surface area contributed by atoms with E-state index in [1.807, 2.05) is 62.4 Å². The smallest absolute Gasteiger partial charge is 0.310 e. The van der Waals surface area contributed by atoms with E-state index in [2.05, 4.69) is 29.4 Å². The first-order valence-electron chi connectivity index (χ1n) is 13.0. The van der Waals surface area contributed by atoms with Gasteiger partial charge in [0.2, 0.25) is 0 Å². The Kier molecular flexibility index (Phi) is 12.9. The van der Waals surface area contributed by atoms with Crippen molar-refractivity contribution >= 4 is 11.9 Å². The Labute approximate surface area is 225 Å². The van der Waals surface area contributed by atoms with Gasteiger partial charge < -0.3 is 15.0 Å². The molecule has 3 rings (SSSR count). The Bertz CT molecular complexity index is 1220. The summed E-state index contributed by atoms with van der Waals surface area (Å²) in [4.78, 5) is 37.1. The number of hydrogen-bond donors (Lipinski definition) is 1. The number of aromatic nitrogens is 2. The second kappa shape index (κ2) is 16.1. The zero-order valence-corrected chi connectivity index (χ0v) is 23.2. The molecule has 38 heavy (non-hydrogen) atoms. The second-order valence-electron chi connectivity index (χ2n) is 9.40. The summed E-state index contributed by atoms with van der Waals surface area (Å²) in [6, 6.07) is 18.4. The summed E-state index contributed by atoms with van der Waals surface area (Å²) in [5, 5.41) is 7.14. The number of carbonyl (C=O) groups is 2. The molecule has 1 aromatic heterocycles. The molecule has 1 N–H and O–H groups in total. The minimum absolute atomic E-state index is 0.0230. The van der Waals surface area contributed by atoms with Crippen LogP contribution in [0.3, 0.4) is 0 Å². The number of unbranched alkanes of at least 4 members (excludes halogenated alkanes) is 1. The molecule has 0 spiro atoms. The van der Waals surface area contributed by atoms with E-state index in [4.69, 9.17) is 4.74 Å². The highest BCUT2D eigenvalue weighted by atomic mass is 16.5. The third kappa shape index (κ3) is 11.5. The van der Waals surface area contributed by atoms with Crippen LogP contribution in [0.2, 0.25) is 0 Å². The van der Waals surface area contributed by atoms with Gasteiger partial charge in [-0.2, -0.15) is 5.10 Å². The van der Waals surface area contributed by atoms with Crippen LogP contribution in [-0.2, 0) is 22.5 Å². The van der Waals surface area contributed by atoms with Crippen molar-refractivity contribution in [3.05, 3.63) is 99.0 Å². The van der Waals surface area contributed by atoms with Crippen molar-refractivity contribution in [2.45, 2.75) is 46.6 Å². The van der Waals surface area contributed by atoms with Crippen molar-refractivity contribution in [1.82, 2.24) is 20.0 Å². The molecule has 0 radical (unpaired) electrons. The van der Waals surface area contributed by atoms with Crippen molar-refractivity contribution in [2.24, 2.45) is 0 Å². The van der Waals surface area contributed by atoms with Gasteiger partial charge in [-0.05, 0) is 83.6 Å². The number of ether oxygens (including phenoxy) is 1. The Morgan fingerprint density at radius 2 is 1.68 bits per heavy atom. The van der Waals surface area contributed by atoms with Gasteiger partial charge in [0.25, 0.3) is 11.5 Å². The minimum atomic E-state index is -0.250. The van der Waals surface area contributed by atoms with Gasteiger partial charge in [-0.15, -0.1) is 0 Å². The summed E-state index contributed by atoms with van der Waals surface area (Å²) >= 11 is 0. The lowest BCUT2D eigenvalue weighted by Crippen LogP contribution is -2.25. The van der Waals surface area contributed by atoms with Crippen LogP contribution in [0.5, 0.6) is 0 Å². The van der Waals surface area contributed by atoms with Crippen LogP contribution < -0.4 is 10.9 Å². The Morgan fingerprint density at radius 3 is 2.37 bits per heavy atom. The van der Waals surface area contributed by atoms with Gasteiger partial charge in [-0.25, -0.2) is 4.68 Å². The fraction of sp³-hybridized carbons (Fsp3) is 0.400. The average Bonchev–Trinajstić information content (AvgIpc) is 2.87. The number of carbonyl (C=O) groups excluding carboxylic acids is 2. The van der Waals surface area contributed by atoms with Crippen molar-refractivity contribution in [1.29, 1.82) is 0 Å². The van der Waals surface area contributed by atoms with Crippen LogP contribution in [0.15, 0.2) is 65.5 Å². The number of nitrogens with zero attached hydrogens (tertiary/aromatic N) is 3. The van der Waals surface area contributed by atoms with Crippen LogP contribution in [0.4, 0.5) is 0 Å². The molecule has 0 aliphatic rings. The lowest BCUT2D eigenvalue weighted by Gasteiger charge is -2.09. The van der Waals surface area contributed by atoms with Gasteiger partial charge in [-0.3, -0.25) is 14.4 Å². The van der Waals surface area contributed by atoms with E-state index in [-0.39, 0.29) is 23.9 Å². The van der Waals surface area contributed by atoms with Crippen LogP contribution >= 0.6 is 0 Å². The van der Waals surface area contributed by atoms with Gasteiger partial charge >= 0.3 is 5.97 Å². The maximum absolute atomic E-state index is 11.7. The molecule has 1 amide bonds. The van der Waals surface area contributed by atoms with Crippen LogP contribution in [0.1, 0.15) is 52.5 Å². The normalized spacial score (nSPS) is 10.5. The van der Waals surface area contributed by atoms with Gasteiger partial charge in [0.15, 0.2) is 0 Å². The van der Waals surface area contributed by atoms with Gasteiger partial charge in [0, 0.05) is 18.2 Å². The molecule has 0 saturated carbocycles. The molecule has 204 valence electrons. The molecule has 0 bridgehead atoms. The molecule has 3 aromatic rings. The van der Waals surface area contributed by atoms with Crippen molar-refractivity contribution < 1.29 is 14.3 Å². The first kappa shape index (κ1) is 30.4. The zero-order valence-electron chi connectivity index (χ0n) is 23.2. The van der Waals surface area contributed by atoms with E-state index in [9.17, 15) is 14.4 Å². The van der Waals surface area contributed by atoms with Gasteiger partial charge in [0.05, 0.1) is 25.3 Å². The monoisotopic (exact) mass is 520 g/mol. The molecule has 0 atom stereocenters. The van der Waals surface area contributed by atoms with Crippen LogP contribution in [0, 0.1) is 13.8 Å². The van der Waals surface area contributed by atoms with Gasteiger partial charge in [0.1, 0.15) is 0 Å².